The Kier molecular flexibility index (Phi) is 5.82. The van der Waals surface area contributed by atoms with E-state index in [-0.39, 0.29) is 18.1 Å². The van der Waals surface area contributed by atoms with E-state index in [0.29, 0.717) is 37.9 Å². The zero-order valence-electron chi connectivity index (χ0n) is 15.2. The van der Waals surface area contributed by atoms with Gasteiger partial charge in [0.1, 0.15) is 6.10 Å². The van der Waals surface area contributed by atoms with E-state index in [1.54, 1.807) is 19.0 Å². The highest BCUT2D eigenvalue weighted by molar-refractivity contribution is 5.92. The van der Waals surface area contributed by atoms with Crippen LogP contribution in [0.2, 0.25) is 0 Å². The van der Waals surface area contributed by atoms with Gasteiger partial charge in [-0.3, -0.25) is 9.79 Å². The molecule has 0 aliphatic carbocycles. The summed E-state index contributed by atoms with van der Waals surface area (Å²) >= 11 is 0. The summed E-state index contributed by atoms with van der Waals surface area (Å²) in [6.07, 6.45) is 1.91. The predicted molar refractivity (Wildman–Crippen MR) is 98.8 cm³/mol. The molecule has 1 aromatic rings. The number of carbonyl (C=O) groups excluding carboxylic acids is 1. The van der Waals surface area contributed by atoms with Crippen LogP contribution in [0.4, 0.5) is 5.69 Å². The van der Waals surface area contributed by atoms with Gasteiger partial charge in [-0.1, -0.05) is 0 Å². The molecule has 2 aliphatic heterocycles. The molecule has 8 heteroatoms. The molecular formula is C18H26N4O4. The maximum absolute atomic E-state index is 11.9. The summed E-state index contributed by atoms with van der Waals surface area (Å²) in [5, 5.41) is 3.05. The van der Waals surface area contributed by atoms with Gasteiger partial charge in [-0.15, -0.1) is 0 Å². The first-order valence-electron chi connectivity index (χ1n) is 8.86. The highest BCUT2D eigenvalue weighted by Crippen LogP contribution is 2.32. The average molecular weight is 362 g/mol. The van der Waals surface area contributed by atoms with Crippen LogP contribution in [-0.2, 0) is 9.53 Å². The van der Waals surface area contributed by atoms with Gasteiger partial charge < -0.3 is 30.2 Å². The molecule has 0 spiro atoms. The highest BCUT2D eigenvalue weighted by atomic mass is 16.5. The molecule has 2 heterocycles. The molecule has 3 N–H and O–H groups in total. The van der Waals surface area contributed by atoms with E-state index in [4.69, 9.17) is 19.9 Å². The molecule has 1 fully saturated rings. The third-order valence-corrected chi connectivity index (χ3v) is 4.31. The molecule has 8 nitrogen and oxygen atoms in total. The number of rotatable bonds is 4. The lowest BCUT2D eigenvalue weighted by Crippen LogP contribution is -2.34. The Bertz CT molecular complexity index is 677. The number of likely N-dealkylation sites (N-methyl/N-ethyl adjacent to an activating group) is 1. The lowest BCUT2D eigenvalue weighted by molar-refractivity contribution is -0.140. The van der Waals surface area contributed by atoms with Crippen LogP contribution >= 0.6 is 0 Å². The molecule has 1 amide bonds. The zero-order chi connectivity index (χ0) is 18.5. The number of fused-ring (bicyclic) bond motifs is 1. The minimum Gasteiger partial charge on any atom is -0.490 e. The summed E-state index contributed by atoms with van der Waals surface area (Å²) in [5.74, 6) is 1.73. The van der Waals surface area contributed by atoms with Crippen LogP contribution in [0.3, 0.4) is 0 Å². The van der Waals surface area contributed by atoms with E-state index >= 15 is 0 Å². The molecular weight excluding hydrogens is 336 g/mol. The second-order valence-electron chi connectivity index (χ2n) is 6.62. The third-order valence-electron chi connectivity index (χ3n) is 4.31. The van der Waals surface area contributed by atoms with Crippen LogP contribution in [0.25, 0.3) is 0 Å². The number of guanidine groups is 1. The molecule has 3 rings (SSSR count). The quantitative estimate of drug-likeness (QED) is 0.617. The van der Waals surface area contributed by atoms with Gasteiger partial charge in [0, 0.05) is 32.3 Å². The smallest absolute Gasteiger partial charge is 0.251 e. The van der Waals surface area contributed by atoms with Crippen molar-refractivity contribution in [3.63, 3.8) is 0 Å². The van der Waals surface area contributed by atoms with E-state index < -0.39 is 0 Å². The molecule has 0 bridgehead atoms. The minimum absolute atomic E-state index is 0.00484. The Morgan fingerprint density at radius 2 is 2.04 bits per heavy atom. The molecule has 142 valence electrons. The lowest BCUT2D eigenvalue weighted by atomic mass is 10.2. The van der Waals surface area contributed by atoms with Crippen LogP contribution in [-0.4, -0.2) is 62.8 Å². The normalized spacial score (nSPS) is 22.6. The van der Waals surface area contributed by atoms with Gasteiger partial charge in [0.15, 0.2) is 17.5 Å². The van der Waals surface area contributed by atoms with Crippen LogP contribution in [0.1, 0.15) is 19.3 Å². The van der Waals surface area contributed by atoms with Crippen LogP contribution in [0, 0.1) is 0 Å². The van der Waals surface area contributed by atoms with Crippen LogP contribution in [0.5, 0.6) is 11.5 Å². The Hall–Kier alpha value is -2.48. The van der Waals surface area contributed by atoms with E-state index in [1.807, 2.05) is 18.2 Å². The number of anilines is 1. The summed E-state index contributed by atoms with van der Waals surface area (Å²) in [4.78, 5) is 17.8. The number of hydrogen-bond donors (Lipinski definition) is 2. The largest absolute Gasteiger partial charge is 0.490 e. The fraction of sp³-hybridized carbons (Fsp3) is 0.556. The van der Waals surface area contributed by atoms with Crippen molar-refractivity contribution in [3.05, 3.63) is 18.2 Å². The van der Waals surface area contributed by atoms with Gasteiger partial charge >= 0.3 is 0 Å². The summed E-state index contributed by atoms with van der Waals surface area (Å²) in [6.45, 7) is 1.70. The third kappa shape index (κ3) is 4.57. The number of nitrogens with two attached hydrogens (primary N) is 1. The Morgan fingerprint density at radius 3 is 2.81 bits per heavy atom. The molecule has 2 atom stereocenters. The lowest BCUT2D eigenvalue weighted by Gasteiger charge is -2.16. The first kappa shape index (κ1) is 18.3. The standard InChI is InChI=1S/C18H26N4O4/c1-22(2)17(23)15-7-5-13(26-15)11-20-18(19)21-12-4-6-14-16(10-12)25-9-3-8-24-14/h4,6,10,13,15H,3,5,7-9,11H2,1-2H3,(H3,19,20,21). The number of carbonyl (C=O) groups is 1. The molecule has 0 radical (unpaired) electrons. The number of nitrogens with zero attached hydrogens (tertiary/aromatic N) is 2. The minimum atomic E-state index is -0.374. The van der Waals surface area contributed by atoms with E-state index in [9.17, 15) is 4.79 Å². The maximum atomic E-state index is 11.9. The Labute approximate surface area is 153 Å². The van der Waals surface area contributed by atoms with Crippen molar-refractivity contribution in [2.75, 3.05) is 39.2 Å². The van der Waals surface area contributed by atoms with Crippen molar-refractivity contribution in [2.45, 2.75) is 31.5 Å². The van der Waals surface area contributed by atoms with Gasteiger partial charge in [0.25, 0.3) is 5.91 Å². The summed E-state index contributed by atoms with van der Waals surface area (Å²) in [6, 6.07) is 5.57. The van der Waals surface area contributed by atoms with Gasteiger partial charge in [-0.25, -0.2) is 0 Å². The number of nitrogens with one attached hydrogen (secondary N) is 1. The molecule has 0 aromatic heterocycles. The predicted octanol–water partition coefficient (Wildman–Crippen LogP) is 1.21. The first-order valence-corrected chi connectivity index (χ1v) is 8.86. The van der Waals surface area contributed by atoms with Crippen LogP contribution in [0.15, 0.2) is 23.2 Å². The number of hydrogen-bond acceptors (Lipinski definition) is 5. The second kappa shape index (κ2) is 8.27. The molecule has 2 unspecified atom stereocenters. The van der Waals surface area contributed by atoms with Crippen molar-refractivity contribution >= 4 is 17.6 Å². The zero-order valence-corrected chi connectivity index (χ0v) is 15.2. The van der Waals surface area contributed by atoms with Crippen LogP contribution < -0.4 is 20.5 Å². The summed E-state index contributed by atoms with van der Waals surface area (Å²) < 4.78 is 17.0. The van der Waals surface area contributed by atoms with E-state index in [2.05, 4.69) is 10.3 Å². The first-order chi connectivity index (χ1) is 12.5. The van der Waals surface area contributed by atoms with Gasteiger partial charge in [0.05, 0.1) is 25.9 Å². The Morgan fingerprint density at radius 1 is 1.27 bits per heavy atom. The number of benzene rings is 1. The van der Waals surface area contributed by atoms with E-state index in [0.717, 1.165) is 24.3 Å². The average Bonchev–Trinajstić information content (AvgIpc) is 2.97. The van der Waals surface area contributed by atoms with Crippen molar-refractivity contribution in [1.82, 2.24) is 4.90 Å². The number of ether oxygens (including phenoxy) is 3. The fourth-order valence-corrected chi connectivity index (χ4v) is 2.94. The van der Waals surface area contributed by atoms with Crippen molar-refractivity contribution in [3.8, 4) is 11.5 Å². The SMILES string of the molecule is CN(C)C(=O)C1CCC(CN=C(N)Nc2ccc3c(c2)OCCCO3)O1. The van der Waals surface area contributed by atoms with E-state index in [1.165, 1.54) is 0 Å². The van der Waals surface area contributed by atoms with Crippen molar-refractivity contribution < 1.29 is 19.0 Å². The van der Waals surface area contributed by atoms with Gasteiger partial charge in [0.2, 0.25) is 0 Å². The molecule has 1 aromatic carbocycles. The number of aliphatic imine (C=N–C) groups is 1. The molecule has 1 saturated heterocycles. The summed E-state index contributed by atoms with van der Waals surface area (Å²) in [7, 11) is 3.46. The molecule has 2 aliphatic rings. The maximum Gasteiger partial charge on any atom is 0.251 e. The molecule has 0 saturated carbocycles. The van der Waals surface area contributed by atoms with Crippen molar-refractivity contribution in [1.29, 1.82) is 0 Å². The highest BCUT2D eigenvalue weighted by Gasteiger charge is 2.31. The topological polar surface area (TPSA) is 98.4 Å². The fourth-order valence-electron chi connectivity index (χ4n) is 2.94. The monoisotopic (exact) mass is 362 g/mol. The van der Waals surface area contributed by atoms with Crippen molar-refractivity contribution in [2.24, 2.45) is 10.7 Å². The summed E-state index contributed by atoms with van der Waals surface area (Å²) in [5.41, 5.74) is 6.75. The molecule has 26 heavy (non-hydrogen) atoms. The number of amides is 1. The van der Waals surface area contributed by atoms with Gasteiger partial charge in [-0.2, -0.15) is 0 Å². The van der Waals surface area contributed by atoms with Gasteiger partial charge in [-0.05, 0) is 25.0 Å². The second-order valence-corrected chi connectivity index (χ2v) is 6.62. The Balaban J connectivity index is 1.53.